The van der Waals surface area contributed by atoms with Crippen LogP contribution in [0.25, 0.3) is 0 Å². The Morgan fingerprint density at radius 1 is 1.43 bits per heavy atom. The zero-order valence-corrected chi connectivity index (χ0v) is 8.37. The minimum Gasteiger partial charge on any atom is -0.508 e. The molecule has 0 aliphatic carbocycles. The number of aromatic carboxylic acids is 1. The van der Waals surface area contributed by atoms with Gasteiger partial charge in [-0.15, -0.1) is 0 Å². The number of carboxylic acid groups (broad SMARTS) is 1. The van der Waals surface area contributed by atoms with Gasteiger partial charge in [-0.05, 0) is 36.6 Å². The predicted molar refractivity (Wildman–Crippen MR) is 53.8 cm³/mol. The Hall–Kier alpha value is -1.51. The molecule has 1 aromatic carbocycles. The van der Waals surface area contributed by atoms with Crippen molar-refractivity contribution in [3.8, 4) is 5.75 Å². The summed E-state index contributed by atoms with van der Waals surface area (Å²) >= 11 is 0. The van der Waals surface area contributed by atoms with Crippen molar-refractivity contribution >= 4 is 5.97 Å². The number of carboxylic acids is 1. The zero-order valence-electron chi connectivity index (χ0n) is 8.37. The molecular formula is C11H14O3. The highest BCUT2D eigenvalue weighted by molar-refractivity contribution is 5.90. The summed E-state index contributed by atoms with van der Waals surface area (Å²) in [5.74, 6) is -0.755. The maximum absolute atomic E-state index is 10.8. The molecular weight excluding hydrogens is 180 g/mol. The fraction of sp³-hybridized carbons (Fsp3) is 0.364. The van der Waals surface area contributed by atoms with E-state index >= 15 is 0 Å². The number of aromatic hydroxyl groups is 1. The fourth-order valence-corrected chi connectivity index (χ4v) is 1.54. The quantitative estimate of drug-likeness (QED) is 0.776. The lowest BCUT2D eigenvalue weighted by Crippen LogP contribution is -2.02. The van der Waals surface area contributed by atoms with Crippen LogP contribution in [0.5, 0.6) is 5.75 Å². The lowest BCUT2D eigenvalue weighted by atomic mass is 9.98. The molecule has 0 spiro atoms. The molecule has 0 fully saturated rings. The van der Waals surface area contributed by atoms with Crippen LogP contribution < -0.4 is 0 Å². The molecule has 0 aliphatic rings. The van der Waals surface area contributed by atoms with Crippen LogP contribution in [0.15, 0.2) is 12.1 Å². The van der Waals surface area contributed by atoms with E-state index in [9.17, 15) is 9.90 Å². The highest BCUT2D eigenvalue weighted by Gasteiger charge is 2.12. The third kappa shape index (κ3) is 1.87. The van der Waals surface area contributed by atoms with Gasteiger partial charge in [-0.1, -0.05) is 13.3 Å². The minimum atomic E-state index is -0.945. The van der Waals surface area contributed by atoms with Crippen molar-refractivity contribution in [2.45, 2.75) is 26.7 Å². The maximum atomic E-state index is 10.8. The van der Waals surface area contributed by atoms with E-state index in [1.54, 1.807) is 6.92 Å². The summed E-state index contributed by atoms with van der Waals surface area (Å²) in [5, 5.41) is 18.4. The lowest BCUT2D eigenvalue weighted by Gasteiger charge is -2.09. The summed E-state index contributed by atoms with van der Waals surface area (Å²) in [7, 11) is 0. The first-order chi connectivity index (χ1) is 6.57. The first-order valence-corrected chi connectivity index (χ1v) is 4.62. The Kier molecular flexibility index (Phi) is 3.12. The first-order valence-electron chi connectivity index (χ1n) is 4.62. The van der Waals surface area contributed by atoms with E-state index < -0.39 is 5.97 Å². The largest absolute Gasteiger partial charge is 0.508 e. The number of carbonyl (C=O) groups is 1. The van der Waals surface area contributed by atoms with E-state index in [-0.39, 0.29) is 11.3 Å². The minimum absolute atomic E-state index is 0.189. The van der Waals surface area contributed by atoms with Crippen molar-refractivity contribution < 1.29 is 15.0 Å². The van der Waals surface area contributed by atoms with Crippen LogP contribution in [0.1, 0.15) is 34.8 Å². The predicted octanol–water partition coefficient (Wildman–Crippen LogP) is 2.35. The lowest BCUT2D eigenvalue weighted by molar-refractivity contribution is 0.0696. The third-order valence-corrected chi connectivity index (χ3v) is 2.30. The molecule has 2 N–H and O–H groups in total. The van der Waals surface area contributed by atoms with Crippen LogP contribution in [-0.2, 0) is 6.42 Å². The molecule has 14 heavy (non-hydrogen) atoms. The van der Waals surface area contributed by atoms with Crippen molar-refractivity contribution in [3.63, 3.8) is 0 Å². The van der Waals surface area contributed by atoms with Crippen LogP contribution in [0.4, 0.5) is 0 Å². The molecule has 1 aromatic rings. The van der Waals surface area contributed by atoms with E-state index in [2.05, 4.69) is 0 Å². The van der Waals surface area contributed by atoms with Gasteiger partial charge < -0.3 is 10.2 Å². The average Bonchev–Trinajstić information content (AvgIpc) is 2.11. The number of benzene rings is 1. The highest BCUT2D eigenvalue weighted by atomic mass is 16.4. The van der Waals surface area contributed by atoms with Crippen molar-refractivity contribution in [1.82, 2.24) is 0 Å². The van der Waals surface area contributed by atoms with E-state index in [4.69, 9.17) is 5.11 Å². The second-order valence-electron chi connectivity index (χ2n) is 3.29. The van der Waals surface area contributed by atoms with Crippen molar-refractivity contribution in [2.75, 3.05) is 0 Å². The molecule has 0 saturated heterocycles. The summed E-state index contributed by atoms with van der Waals surface area (Å²) in [5.41, 5.74) is 1.68. The van der Waals surface area contributed by atoms with Gasteiger partial charge in [0.05, 0.1) is 5.56 Å². The number of phenolic OH excluding ortho intramolecular Hbond substituents is 1. The van der Waals surface area contributed by atoms with E-state index in [0.717, 1.165) is 12.0 Å². The Balaban J connectivity index is 3.26. The second kappa shape index (κ2) is 4.13. The summed E-state index contributed by atoms with van der Waals surface area (Å²) < 4.78 is 0. The van der Waals surface area contributed by atoms with Crippen LogP contribution in [0.3, 0.4) is 0 Å². The molecule has 3 heteroatoms. The molecule has 0 bridgehead atoms. The van der Waals surface area contributed by atoms with Crippen LogP contribution in [-0.4, -0.2) is 16.2 Å². The molecule has 0 aromatic heterocycles. The van der Waals surface area contributed by atoms with Gasteiger partial charge in [0, 0.05) is 0 Å². The van der Waals surface area contributed by atoms with Crippen LogP contribution in [0.2, 0.25) is 0 Å². The van der Waals surface area contributed by atoms with Gasteiger partial charge in [0.1, 0.15) is 5.75 Å². The van der Waals surface area contributed by atoms with Gasteiger partial charge in [0.15, 0.2) is 0 Å². The standard InChI is InChI=1S/C11H14O3/c1-3-4-8-7(2)9(11(13)14)5-6-10(8)12/h5-6,12H,3-4H2,1-2H3,(H,13,14). The molecule has 0 atom stereocenters. The van der Waals surface area contributed by atoms with E-state index in [1.807, 2.05) is 6.92 Å². The van der Waals surface area contributed by atoms with Gasteiger partial charge in [-0.2, -0.15) is 0 Å². The summed E-state index contributed by atoms with van der Waals surface area (Å²) in [6.07, 6.45) is 1.59. The summed E-state index contributed by atoms with van der Waals surface area (Å²) in [4.78, 5) is 10.8. The van der Waals surface area contributed by atoms with Gasteiger partial charge >= 0.3 is 5.97 Å². The van der Waals surface area contributed by atoms with Gasteiger partial charge in [-0.25, -0.2) is 4.79 Å². The molecule has 0 unspecified atom stereocenters. The first kappa shape index (κ1) is 10.6. The molecule has 0 amide bonds. The van der Waals surface area contributed by atoms with E-state index in [1.165, 1.54) is 12.1 Å². The Morgan fingerprint density at radius 3 is 2.57 bits per heavy atom. The number of rotatable bonds is 3. The van der Waals surface area contributed by atoms with Crippen molar-refractivity contribution in [3.05, 3.63) is 28.8 Å². The van der Waals surface area contributed by atoms with Crippen molar-refractivity contribution in [2.24, 2.45) is 0 Å². The normalized spacial score (nSPS) is 10.1. The maximum Gasteiger partial charge on any atom is 0.335 e. The van der Waals surface area contributed by atoms with Crippen LogP contribution in [0, 0.1) is 6.92 Å². The number of phenols is 1. The van der Waals surface area contributed by atoms with Crippen LogP contribution >= 0.6 is 0 Å². The molecule has 0 saturated carbocycles. The molecule has 3 nitrogen and oxygen atoms in total. The Labute approximate surface area is 83.0 Å². The SMILES string of the molecule is CCCc1c(O)ccc(C(=O)O)c1C. The summed E-state index contributed by atoms with van der Waals surface area (Å²) in [6, 6.07) is 2.88. The number of hydrogen-bond donors (Lipinski definition) is 2. The molecule has 0 aliphatic heterocycles. The van der Waals surface area contributed by atoms with Crippen molar-refractivity contribution in [1.29, 1.82) is 0 Å². The monoisotopic (exact) mass is 194 g/mol. The summed E-state index contributed by atoms with van der Waals surface area (Å²) in [6.45, 7) is 3.72. The zero-order chi connectivity index (χ0) is 10.7. The highest BCUT2D eigenvalue weighted by Crippen LogP contribution is 2.25. The fourth-order valence-electron chi connectivity index (χ4n) is 1.54. The van der Waals surface area contributed by atoms with Gasteiger partial charge in [-0.3, -0.25) is 0 Å². The average molecular weight is 194 g/mol. The molecule has 76 valence electrons. The third-order valence-electron chi connectivity index (χ3n) is 2.30. The smallest absolute Gasteiger partial charge is 0.335 e. The number of hydrogen-bond acceptors (Lipinski definition) is 2. The molecule has 0 heterocycles. The second-order valence-corrected chi connectivity index (χ2v) is 3.29. The van der Waals surface area contributed by atoms with Gasteiger partial charge in [0.2, 0.25) is 0 Å². The Bertz CT molecular complexity index is 356. The van der Waals surface area contributed by atoms with Gasteiger partial charge in [0.25, 0.3) is 0 Å². The van der Waals surface area contributed by atoms with E-state index in [0.29, 0.717) is 12.0 Å². The molecule has 1 rings (SSSR count). The topological polar surface area (TPSA) is 57.5 Å². The Morgan fingerprint density at radius 2 is 2.07 bits per heavy atom. The molecule has 0 radical (unpaired) electrons.